The Labute approximate surface area is 133 Å². The summed E-state index contributed by atoms with van der Waals surface area (Å²) in [6.07, 6.45) is 1.00. The Balaban J connectivity index is 2.08. The van der Waals surface area contributed by atoms with Crippen LogP contribution >= 0.6 is 0 Å². The number of anilines is 1. The molecule has 3 nitrogen and oxygen atoms in total. The second-order valence-electron chi connectivity index (χ2n) is 6.04. The Morgan fingerprint density at radius 3 is 2.05 bits per heavy atom. The molecule has 0 aliphatic rings. The number of sulfonamides is 1. The van der Waals surface area contributed by atoms with Crippen LogP contribution in [0.3, 0.4) is 0 Å². The molecule has 1 N–H and O–H groups in total. The van der Waals surface area contributed by atoms with Gasteiger partial charge in [-0.15, -0.1) is 0 Å². The topological polar surface area (TPSA) is 46.2 Å². The monoisotopic (exact) mass is 317 g/mol. The van der Waals surface area contributed by atoms with Crippen LogP contribution in [-0.4, -0.2) is 8.42 Å². The fraction of sp³-hybridized carbons (Fsp3) is 0.333. The average Bonchev–Trinajstić information content (AvgIpc) is 2.50. The van der Waals surface area contributed by atoms with E-state index in [0.717, 1.165) is 6.42 Å². The summed E-state index contributed by atoms with van der Waals surface area (Å²) in [5.74, 6) is 1.24. The Bertz CT molecular complexity index is 692. The molecule has 0 saturated heterocycles. The first-order valence-corrected chi connectivity index (χ1v) is 9.03. The lowest BCUT2D eigenvalue weighted by Crippen LogP contribution is -2.13. The van der Waals surface area contributed by atoms with E-state index in [1.165, 1.54) is 5.56 Å². The number of rotatable bonds is 6. The lowest BCUT2D eigenvalue weighted by atomic mass is 9.91. The summed E-state index contributed by atoms with van der Waals surface area (Å²) in [7, 11) is -3.51. The summed E-state index contributed by atoms with van der Waals surface area (Å²) in [5.41, 5.74) is 1.81. The lowest BCUT2D eigenvalue weighted by molar-refractivity contribution is 0.417. The van der Waals surface area contributed by atoms with Gasteiger partial charge < -0.3 is 0 Å². The highest BCUT2D eigenvalue weighted by Gasteiger charge is 2.13. The quantitative estimate of drug-likeness (QED) is 0.862. The predicted molar refractivity (Wildman–Crippen MR) is 91.4 cm³/mol. The maximum absolute atomic E-state index is 12.2. The molecule has 0 aliphatic carbocycles. The number of nitrogens with one attached hydrogen (secondary N) is 1. The molecule has 0 bridgehead atoms. The molecule has 1 atom stereocenters. The van der Waals surface area contributed by atoms with Gasteiger partial charge in [0.1, 0.15) is 0 Å². The van der Waals surface area contributed by atoms with Crippen molar-refractivity contribution in [1.82, 2.24) is 0 Å². The highest BCUT2D eigenvalue weighted by Crippen LogP contribution is 2.20. The molecule has 0 spiro atoms. The van der Waals surface area contributed by atoms with Crippen molar-refractivity contribution in [2.24, 2.45) is 11.8 Å². The van der Waals surface area contributed by atoms with E-state index in [0.29, 0.717) is 17.5 Å². The molecule has 2 rings (SSSR count). The van der Waals surface area contributed by atoms with Crippen molar-refractivity contribution in [3.8, 4) is 0 Å². The normalized spacial score (nSPS) is 13.1. The van der Waals surface area contributed by atoms with Gasteiger partial charge >= 0.3 is 0 Å². The minimum absolute atomic E-state index is 0.271. The van der Waals surface area contributed by atoms with Gasteiger partial charge in [-0.2, -0.15) is 0 Å². The van der Waals surface area contributed by atoms with Crippen LogP contribution in [0.2, 0.25) is 0 Å². The summed E-state index contributed by atoms with van der Waals surface area (Å²) in [5, 5.41) is 0. The highest BCUT2D eigenvalue weighted by molar-refractivity contribution is 7.92. The fourth-order valence-electron chi connectivity index (χ4n) is 2.13. The summed E-state index contributed by atoms with van der Waals surface area (Å²) in [6, 6.07) is 16.0. The van der Waals surface area contributed by atoms with Crippen LogP contribution in [0.5, 0.6) is 0 Å². The molecule has 0 amide bonds. The van der Waals surface area contributed by atoms with Crippen LogP contribution in [0, 0.1) is 11.8 Å². The van der Waals surface area contributed by atoms with E-state index in [4.69, 9.17) is 0 Å². The number of benzene rings is 2. The zero-order valence-corrected chi connectivity index (χ0v) is 14.1. The average molecular weight is 317 g/mol. The van der Waals surface area contributed by atoms with E-state index in [2.05, 4.69) is 25.5 Å². The first-order chi connectivity index (χ1) is 10.4. The molecular formula is C18H23NO2S. The molecule has 118 valence electrons. The van der Waals surface area contributed by atoms with Gasteiger partial charge in [0.25, 0.3) is 10.0 Å². The molecule has 2 aromatic rings. The standard InChI is InChI=1S/C18H23NO2S/c1-14(2)15(3)13-16-9-11-17(12-10-16)19-22(20,21)18-7-5-4-6-8-18/h4-12,14-15,19H,13H2,1-3H3. The van der Waals surface area contributed by atoms with Crippen molar-refractivity contribution in [2.75, 3.05) is 4.72 Å². The highest BCUT2D eigenvalue weighted by atomic mass is 32.2. The fourth-order valence-corrected chi connectivity index (χ4v) is 3.21. The lowest BCUT2D eigenvalue weighted by Gasteiger charge is -2.15. The molecule has 4 heteroatoms. The Morgan fingerprint density at radius 2 is 1.50 bits per heavy atom. The van der Waals surface area contributed by atoms with Gasteiger partial charge in [0.15, 0.2) is 0 Å². The molecule has 1 unspecified atom stereocenters. The minimum Gasteiger partial charge on any atom is -0.280 e. The van der Waals surface area contributed by atoms with E-state index < -0.39 is 10.0 Å². The summed E-state index contributed by atoms with van der Waals surface area (Å²) in [6.45, 7) is 6.66. The summed E-state index contributed by atoms with van der Waals surface area (Å²) >= 11 is 0. The zero-order chi connectivity index (χ0) is 16.2. The molecule has 0 aromatic heterocycles. The SMILES string of the molecule is CC(C)C(C)Cc1ccc(NS(=O)(=O)c2ccccc2)cc1. The molecule has 0 radical (unpaired) electrons. The van der Waals surface area contributed by atoms with Crippen LogP contribution in [0.4, 0.5) is 5.69 Å². The van der Waals surface area contributed by atoms with Crippen molar-refractivity contribution >= 4 is 15.7 Å². The van der Waals surface area contributed by atoms with Crippen LogP contribution < -0.4 is 4.72 Å². The maximum atomic E-state index is 12.2. The van der Waals surface area contributed by atoms with Gasteiger partial charge in [-0.3, -0.25) is 4.72 Å². The zero-order valence-electron chi connectivity index (χ0n) is 13.3. The molecule has 0 aliphatic heterocycles. The number of hydrogen-bond acceptors (Lipinski definition) is 2. The van der Waals surface area contributed by atoms with E-state index >= 15 is 0 Å². The van der Waals surface area contributed by atoms with Gasteiger partial charge in [-0.25, -0.2) is 8.42 Å². The van der Waals surface area contributed by atoms with E-state index in [-0.39, 0.29) is 4.90 Å². The second-order valence-corrected chi connectivity index (χ2v) is 7.72. The van der Waals surface area contributed by atoms with Gasteiger partial charge in [0.2, 0.25) is 0 Å². The molecule has 22 heavy (non-hydrogen) atoms. The minimum atomic E-state index is -3.51. The van der Waals surface area contributed by atoms with Crippen molar-refractivity contribution in [3.05, 3.63) is 60.2 Å². The molecule has 0 fully saturated rings. The van der Waals surface area contributed by atoms with Crippen molar-refractivity contribution in [2.45, 2.75) is 32.1 Å². The third kappa shape index (κ3) is 4.34. The van der Waals surface area contributed by atoms with E-state index in [1.807, 2.05) is 24.3 Å². The Hall–Kier alpha value is -1.81. The molecule has 2 aromatic carbocycles. The largest absolute Gasteiger partial charge is 0.280 e. The van der Waals surface area contributed by atoms with Crippen molar-refractivity contribution in [1.29, 1.82) is 0 Å². The Morgan fingerprint density at radius 1 is 0.909 bits per heavy atom. The van der Waals surface area contributed by atoms with Crippen LogP contribution in [-0.2, 0) is 16.4 Å². The van der Waals surface area contributed by atoms with Crippen molar-refractivity contribution < 1.29 is 8.42 Å². The first kappa shape index (κ1) is 16.6. The third-order valence-corrected chi connectivity index (χ3v) is 5.35. The summed E-state index contributed by atoms with van der Waals surface area (Å²) in [4.78, 5) is 0.271. The van der Waals surface area contributed by atoms with Gasteiger partial charge in [-0.05, 0) is 48.1 Å². The molecular weight excluding hydrogens is 294 g/mol. The second kappa shape index (κ2) is 6.97. The summed E-state index contributed by atoms with van der Waals surface area (Å²) < 4.78 is 27.1. The Kier molecular flexibility index (Phi) is 5.24. The van der Waals surface area contributed by atoms with E-state index in [9.17, 15) is 8.42 Å². The van der Waals surface area contributed by atoms with Gasteiger partial charge in [0, 0.05) is 5.69 Å². The van der Waals surface area contributed by atoms with Crippen LogP contribution in [0.1, 0.15) is 26.3 Å². The molecule has 0 saturated carbocycles. The first-order valence-electron chi connectivity index (χ1n) is 7.55. The predicted octanol–water partition coefficient (Wildman–Crippen LogP) is 4.32. The van der Waals surface area contributed by atoms with E-state index in [1.54, 1.807) is 30.3 Å². The molecule has 0 heterocycles. The van der Waals surface area contributed by atoms with Gasteiger partial charge in [-0.1, -0.05) is 51.1 Å². The van der Waals surface area contributed by atoms with Crippen molar-refractivity contribution in [3.63, 3.8) is 0 Å². The third-order valence-electron chi connectivity index (χ3n) is 3.96. The number of hydrogen-bond donors (Lipinski definition) is 1. The maximum Gasteiger partial charge on any atom is 0.261 e. The van der Waals surface area contributed by atoms with Gasteiger partial charge in [0.05, 0.1) is 4.90 Å². The van der Waals surface area contributed by atoms with Crippen LogP contribution in [0.15, 0.2) is 59.5 Å². The van der Waals surface area contributed by atoms with Crippen LogP contribution in [0.25, 0.3) is 0 Å². The smallest absolute Gasteiger partial charge is 0.261 e.